The van der Waals surface area contributed by atoms with Crippen molar-refractivity contribution in [3.8, 4) is 0 Å². The molecule has 1 unspecified atom stereocenters. The Labute approximate surface area is 141 Å². The Balaban J connectivity index is 3.23. The molecule has 1 aromatic carbocycles. The summed E-state index contributed by atoms with van der Waals surface area (Å²) in [5.74, 6) is -2.73. The van der Waals surface area contributed by atoms with Gasteiger partial charge in [-0.05, 0) is 31.0 Å². The first-order chi connectivity index (χ1) is 11.3. The summed E-state index contributed by atoms with van der Waals surface area (Å²) in [6.07, 6.45) is 1.14. The number of halogens is 2. The fourth-order valence-corrected chi connectivity index (χ4v) is 3.68. The van der Waals surface area contributed by atoms with Crippen LogP contribution in [0.25, 0.3) is 0 Å². The minimum Gasteiger partial charge on any atom is -0.468 e. The van der Waals surface area contributed by atoms with Gasteiger partial charge in [-0.2, -0.15) is 17.4 Å². The Bertz CT molecular complexity index is 661. The summed E-state index contributed by atoms with van der Waals surface area (Å²) < 4.78 is 60.2. The Hall–Kier alpha value is -1.58. The third-order valence-corrected chi connectivity index (χ3v) is 4.84. The quantitative estimate of drug-likeness (QED) is 0.681. The smallest absolute Gasteiger partial charge is 0.328 e. The number of hydrogen-bond donors (Lipinski definition) is 1. The second-order valence-electron chi connectivity index (χ2n) is 5.14. The summed E-state index contributed by atoms with van der Waals surface area (Å²) in [6.45, 7) is 4.09. The maximum absolute atomic E-state index is 14.0. The number of esters is 1. The van der Waals surface area contributed by atoms with Crippen LogP contribution in [0.1, 0.15) is 38.3 Å². The molecule has 6 nitrogen and oxygen atoms in total. The van der Waals surface area contributed by atoms with Gasteiger partial charge < -0.3 is 4.74 Å². The Morgan fingerprint density at radius 1 is 1.25 bits per heavy atom. The predicted octanol–water partition coefficient (Wildman–Crippen LogP) is 2.14. The van der Waals surface area contributed by atoms with Gasteiger partial charge in [0, 0.05) is 18.7 Å². The Morgan fingerprint density at radius 3 is 2.33 bits per heavy atom. The SMILES string of the molecule is CCCN(CCC)S(=O)(=O)NC(C(=O)OC)c1cc(F)ccc1F. The van der Waals surface area contributed by atoms with Crippen molar-refractivity contribution in [1.29, 1.82) is 0 Å². The molecule has 0 bridgehead atoms. The van der Waals surface area contributed by atoms with Crippen LogP contribution in [0.4, 0.5) is 8.78 Å². The van der Waals surface area contributed by atoms with E-state index in [4.69, 9.17) is 0 Å². The number of methoxy groups -OCH3 is 1. The summed E-state index contributed by atoms with van der Waals surface area (Å²) in [5, 5.41) is 0. The number of benzene rings is 1. The number of hydrogen-bond acceptors (Lipinski definition) is 4. The molecule has 0 spiro atoms. The van der Waals surface area contributed by atoms with Crippen LogP contribution in [0.2, 0.25) is 0 Å². The molecule has 0 amide bonds. The number of carbonyl (C=O) groups is 1. The molecule has 0 fully saturated rings. The van der Waals surface area contributed by atoms with Gasteiger partial charge in [-0.15, -0.1) is 0 Å². The van der Waals surface area contributed by atoms with Crippen LogP contribution < -0.4 is 4.72 Å². The molecule has 136 valence electrons. The van der Waals surface area contributed by atoms with Gasteiger partial charge in [-0.1, -0.05) is 13.8 Å². The summed E-state index contributed by atoms with van der Waals surface area (Å²) in [6, 6.07) is 0.794. The lowest BCUT2D eigenvalue weighted by Gasteiger charge is -2.24. The highest BCUT2D eigenvalue weighted by Crippen LogP contribution is 2.21. The van der Waals surface area contributed by atoms with Crippen LogP contribution in [-0.2, 0) is 19.7 Å². The zero-order valence-electron chi connectivity index (χ0n) is 13.9. The third-order valence-electron chi connectivity index (χ3n) is 3.26. The van der Waals surface area contributed by atoms with E-state index in [9.17, 15) is 22.0 Å². The van der Waals surface area contributed by atoms with Crippen molar-refractivity contribution in [2.45, 2.75) is 32.7 Å². The van der Waals surface area contributed by atoms with Gasteiger partial charge in [0.15, 0.2) is 0 Å². The summed E-state index contributed by atoms with van der Waals surface area (Å²) in [4.78, 5) is 11.9. The molecule has 0 aliphatic heterocycles. The lowest BCUT2D eigenvalue weighted by atomic mass is 10.1. The lowest BCUT2D eigenvalue weighted by molar-refractivity contribution is -0.142. The maximum Gasteiger partial charge on any atom is 0.328 e. The molecule has 0 saturated heterocycles. The van der Waals surface area contributed by atoms with Crippen LogP contribution in [0.15, 0.2) is 18.2 Å². The number of nitrogens with one attached hydrogen (secondary N) is 1. The molecule has 9 heteroatoms. The van der Waals surface area contributed by atoms with E-state index in [1.807, 2.05) is 13.8 Å². The second-order valence-corrected chi connectivity index (χ2v) is 6.85. The van der Waals surface area contributed by atoms with Gasteiger partial charge >= 0.3 is 5.97 Å². The average molecular weight is 364 g/mol. The largest absolute Gasteiger partial charge is 0.468 e. The molecule has 1 aromatic rings. The first-order valence-corrected chi connectivity index (χ1v) is 9.01. The number of carbonyl (C=O) groups excluding carboxylic acids is 1. The monoisotopic (exact) mass is 364 g/mol. The van der Waals surface area contributed by atoms with Gasteiger partial charge in [-0.3, -0.25) is 0 Å². The van der Waals surface area contributed by atoms with E-state index in [-0.39, 0.29) is 13.1 Å². The fraction of sp³-hybridized carbons (Fsp3) is 0.533. The zero-order chi connectivity index (χ0) is 18.3. The Morgan fingerprint density at radius 2 is 1.83 bits per heavy atom. The topological polar surface area (TPSA) is 75.7 Å². The van der Waals surface area contributed by atoms with Crippen molar-refractivity contribution in [2.24, 2.45) is 0 Å². The maximum atomic E-state index is 14.0. The molecule has 0 radical (unpaired) electrons. The fourth-order valence-electron chi connectivity index (χ4n) is 2.17. The first-order valence-electron chi connectivity index (χ1n) is 7.57. The van der Waals surface area contributed by atoms with Crippen LogP contribution in [0, 0.1) is 11.6 Å². The van der Waals surface area contributed by atoms with E-state index in [1.165, 1.54) is 0 Å². The van der Waals surface area contributed by atoms with E-state index >= 15 is 0 Å². The molecule has 0 aromatic heterocycles. The van der Waals surface area contributed by atoms with Gasteiger partial charge in [0.05, 0.1) is 7.11 Å². The molecule has 0 aliphatic carbocycles. The van der Waals surface area contributed by atoms with Gasteiger partial charge in [0.1, 0.15) is 17.7 Å². The first kappa shape index (κ1) is 20.5. The molecule has 1 rings (SSSR count). The molecule has 0 aliphatic rings. The van der Waals surface area contributed by atoms with Gasteiger partial charge in [0.2, 0.25) is 0 Å². The van der Waals surface area contributed by atoms with Crippen molar-refractivity contribution in [3.05, 3.63) is 35.4 Å². The van der Waals surface area contributed by atoms with Crippen LogP contribution >= 0.6 is 0 Å². The zero-order valence-corrected chi connectivity index (χ0v) is 14.7. The molecule has 1 N–H and O–H groups in total. The van der Waals surface area contributed by atoms with Gasteiger partial charge in [0.25, 0.3) is 10.2 Å². The molecule has 1 atom stereocenters. The van der Waals surface area contributed by atoms with E-state index in [1.54, 1.807) is 0 Å². The predicted molar refractivity (Wildman–Crippen MR) is 85.3 cm³/mol. The van der Waals surface area contributed by atoms with Crippen LogP contribution in [-0.4, -0.2) is 38.9 Å². The van der Waals surface area contributed by atoms with Crippen LogP contribution in [0.3, 0.4) is 0 Å². The number of ether oxygens (including phenoxy) is 1. The minimum absolute atomic E-state index is 0.239. The molecule has 24 heavy (non-hydrogen) atoms. The van der Waals surface area contributed by atoms with Gasteiger partial charge in [-0.25, -0.2) is 13.6 Å². The lowest BCUT2D eigenvalue weighted by Crippen LogP contribution is -2.45. The van der Waals surface area contributed by atoms with E-state index in [0.29, 0.717) is 12.8 Å². The van der Waals surface area contributed by atoms with Crippen molar-refractivity contribution < 1.29 is 26.7 Å². The molecule has 0 heterocycles. The van der Waals surface area contributed by atoms with Crippen molar-refractivity contribution in [1.82, 2.24) is 9.03 Å². The average Bonchev–Trinajstić information content (AvgIpc) is 2.54. The number of rotatable bonds is 9. The normalized spacial score (nSPS) is 13.1. The van der Waals surface area contributed by atoms with Crippen molar-refractivity contribution >= 4 is 16.2 Å². The summed E-state index contributed by atoms with van der Waals surface area (Å²) >= 11 is 0. The number of nitrogens with zero attached hydrogens (tertiary/aromatic N) is 1. The Kier molecular flexibility index (Phi) is 7.71. The van der Waals surface area contributed by atoms with Crippen LogP contribution in [0.5, 0.6) is 0 Å². The molecular weight excluding hydrogens is 342 g/mol. The minimum atomic E-state index is -4.09. The van der Waals surface area contributed by atoms with E-state index in [2.05, 4.69) is 9.46 Å². The third kappa shape index (κ3) is 5.22. The second kappa shape index (κ2) is 9.05. The highest BCUT2D eigenvalue weighted by Gasteiger charge is 2.32. The standard InChI is InChI=1S/C15H22F2N2O4S/c1-4-8-19(9-5-2)24(21,22)18-14(15(20)23-3)12-10-11(16)6-7-13(12)17/h6-7,10,14,18H,4-5,8-9H2,1-3H3. The summed E-state index contributed by atoms with van der Waals surface area (Å²) in [5.41, 5.74) is -0.432. The van der Waals surface area contributed by atoms with Crippen molar-refractivity contribution in [2.75, 3.05) is 20.2 Å². The van der Waals surface area contributed by atoms with E-state index < -0.39 is 39.4 Å². The molecular formula is C15H22F2N2O4S. The highest BCUT2D eigenvalue weighted by molar-refractivity contribution is 7.87. The molecule has 0 saturated carbocycles. The van der Waals surface area contributed by atoms with E-state index in [0.717, 1.165) is 29.6 Å². The highest BCUT2D eigenvalue weighted by atomic mass is 32.2. The van der Waals surface area contributed by atoms with Crippen molar-refractivity contribution in [3.63, 3.8) is 0 Å². The summed E-state index contributed by atoms with van der Waals surface area (Å²) in [7, 11) is -3.05.